The third-order valence-corrected chi connectivity index (χ3v) is 4.78. The van der Waals surface area contributed by atoms with E-state index >= 15 is 0 Å². The van der Waals surface area contributed by atoms with Crippen LogP contribution in [0.25, 0.3) is 0 Å². The lowest BCUT2D eigenvalue weighted by Crippen LogP contribution is -2.23. The lowest BCUT2D eigenvalue weighted by molar-refractivity contribution is 0.494. The van der Waals surface area contributed by atoms with Crippen molar-refractivity contribution in [2.24, 2.45) is 0 Å². The van der Waals surface area contributed by atoms with E-state index in [2.05, 4.69) is 15.3 Å². The van der Waals surface area contributed by atoms with E-state index in [-0.39, 0.29) is 17.5 Å². The molecule has 0 spiro atoms. The summed E-state index contributed by atoms with van der Waals surface area (Å²) in [4.78, 5) is 8.48. The van der Waals surface area contributed by atoms with Gasteiger partial charge in [-0.15, -0.1) is 0 Å². The van der Waals surface area contributed by atoms with E-state index in [1.165, 1.54) is 0 Å². The molecule has 19 heavy (non-hydrogen) atoms. The number of hydrogen-bond acceptors (Lipinski definition) is 5. The minimum absolute atomic E-state index is 0.0961. The van der Waals surface area contributed by atoms with Crippen LogP contribution in [0.4, 0.5) is 0 Å². The van der Waals surface area contributed by atoms with Crippen LogP contribution in [-0.2, 0) is 9.84 Å². The van der Waals surface area contributed by atoms with Crippen molar-refractivity contribution in [3.05, 3.63) is 23.8 Å². The maximum absolute atomic E-state index is 11.5. The monoisotopic (exact) mass is 285 g/mol. The molecular weight excluding hydrogens is 262 g/mol. The minimum atomic E-state index is -2.88. The van der Waals surface area contributed by atoms with E-state index in [1.807, 2.05) is 19.9 Å². The predicted octanol–water partition coefficient (Wildman–Crippen LogP) is 1.65. The maximum atomic E-state index is 11.5. The quantitative estimate of drug-likeness (QED) is 0.786. The van der Waals surface area contributed by atoms with Gasteiger partial charge in [0.2, 0.25) is 0 Å². The SMILES string of the molecule is CCNC(CCCS(=O)(=O)CC)c1ccnc(C)n1. The van der Waals surface area contributed by atoms with Crippen LogP contribution >= 0.6 is 0 Å². The van der Waals surface area contributed by atoms with Gasteiger partial charge in [0.15, 0.2) is 0 Å². The molecule has 0 amide bonds. The molecule has 0 saturated carbocycles. The second-order valence-corrected chi connectivity index (χ2v) is 6.99. The van der Waals surface area contributed by atoms with Gasteiger partial charge in [-0.05, 0) is 32.4 Å². The van der Waals surface area contributed by atoms with Crippen molar-refractivity contribution in [2.75, 3.05) is 18.1 Å². The number of aryl methyl sites for hydroxylation is 1. The van der Waals surface area contributed by atoms with Crippen LogP contribution in [0.15, 0.2) is 12.3 Å². The highest BCUT2D eigenvalue weighted by molar-refractivity contribution is 7.91. The molecule has 108 valence electrons. The van der Waals surface area contributed by atoms with Crippen molar-refractivity contribution in [1.82, 2.24) is 15.3 Å². The second-order valence-electron chi connectivity index (χ2n) is 4.52. The Morgan fingerprint density at radius 2 is 2.11 bits per heavy atom. The molecule has 0 fully saturated rings. The summed E-state index contributed by atoms with van der Waals surface area (Å²) in [6.07, 6.45) is 3.16. The van der Waals surface area contributed by atoms with Gasteiger partial charge in [0.25, 0.3) is 0 Å². The Kier molecular flexibility index (Phi) is 6.37. The highest BCUT2D eigenvalue weighted by Gasteiger charge is 2.14. The van der Waals surface area contributed by atoms with E-state index in [0.29, 0.717) is 6.42 Å². The Morgan fingerprint density at radius 3 is 2.68 bits per heavy atom. The molecule has 6 heteroatoms. The Labute approximate surface area is 115 Å². The van der Waals surface area contributed by atoms with Gasteiger partial charge in [0.05, 0.1) is 11.4 Å². The topological polar surface area (TPSA) is 72.0 Å². The number of hydrogen-bond donors (Lipinski definition) is 1. The second kappa shape index (κ2) is 7.55. The summed E-state index contributed by atoms with van der Waals surface area (Å²) in [5, 5.41) is 3.35. The van der Waals surface area contributed by atoms with E-state index in [4.69, 9.17) is 0 Å². The van der Waals surface area contributed by atoms with Crippen LogP contribution in [0.3, 0.4) is 0 Å². The number of nitrogens with one attached hydrogen (secondary N) is 1. The zero-order valence-electron chi connectivity index (χ0n) is 11.9. The van der Waals surface area contributed by atoms with Crippen LogP contribution in [0.2, 0.25) is 0 Å². The molecule has 0 saturated heterocycles. The van der Waals surface area contributed by atoms with E-state index in [9.17, 15) is 8.42 Å². The van der Waals surface area contributed by atoms with Crippen LogP contribution in [0.5, 0.6) is 0 Å². The molecular formula is C13H23N3O2S. The number of sulfone groups is 1. The molecule has 5 nitrogen and oxygen atoms in total. The van der Waals surface area contributed by atoms with Crippen molar-refractivity contribution in [3.63, 3.8) is 0 Å². The molecule has 0 bridgehead atoms. The molecule has 1 aromatic heterocycles. The normalized spacial score (nSPS) is 13.4. The lowest BCUT2D eigenvalue weighted by atomic mass is 10.1. The van der Waals surface area contributed by atoms with E-state index < -0.39 is 9.84 Å². The third kappa shape index (κ3) is 5.65. The molecule has 1 rings (SSSR count). The van der Waals surface area contributed by atoms with Crippen molar-refractivity contribution in [2.45, 2.75) is 39.7 Å². The van der Waals surface area contributed by atoms with Gasteiger partial charge in [-0.2, -0.15) is 0 Å². The van der Waals surface area contributed by atoms with Gasteiger partial charge in [0.1, 0.15) is 15.7 Å². The van der Waals surface area contributed by atoms with Crippen LogP contribution in [0.1, 0.15) is 44.2 Å². The summed E-state index contributed by atoms with van der Waals surface area (Å²) in [6, 6.07) is 1.98. The molecule has 1 atom stereocenters. The van der Waals surface area contributed by atoms with E-state index in [0.717, 1.165) is 24.5 Å². The average Bonchev–Trinajstić information content (AvgIpc) is 2.37. The predicted molar refractivity (Wildman–Crippen MR) is 76.7 cm³/mol. The molecule has 0 radical (unpaired) electrons. The zero-order chi connectivity index (χ0) is 14.3. The average molecular weight is 285 g/mol. The van der Waals surface area contributed by atoms with E-state index in [1.54, 1.807) is 13.1 Å². The highest BCUT2D eigenvalue weighted by atomic mass is 32.2. The first-order chi connectivity index (χ1) is 8.98. The molecule has 1 N–H and O–H groups in total. The molecule has 1 aromatic rings. The number of aromatic nitrogens is 2. The lowest BCUT2D eigenvalue weighted by Gasteiger charge is -2.17. The van der Waals surface area contributed by atoms with Gasteiger partial charge >= 0.3 is 0 Å². The summed E-state index contributed by atoms with van der Waals surface area (Å²) in [5.74, 6) is 1.20. The first kappa shape index (κ1) is 16.0. The van der Waals surface area contributed by atoms with Gasteiger partial charge in [-0.3, -0.25) is 0 Å². The first-order valence-electron chi connectivity index (χ1n) is 6.72. The summed E-state index contributed by atoms with van der Waals surface area (Å²) in [5.41, 5.74) is 0.934. The molecule has 1 heterocycles. The fourth-order valence-corrected chi connectivity index (χ4v) is 2.82. The molecule has 1 unspecified atom stereocenters. The Bertz CT molecular complexity index is 488. The van der Waals surface area contributed by atoms with Crippen molar-refractivity contribution >= 4 is 9.84 Å². The van der Waals surface area contributed by atoms with Gasteiger partial charge in [-0.1, -0.05) is 13.8 Å². The van der Waals surface area contributed by atoms with Gasteiger partial charge in [-0.25, -0.2) is 18.4 Å². The third-order valence-electron chi connectivity index (χ3n) is 2.99. The standard InChI is InChI=1S/C13H23N3O2S/c1-4-14-12(7-6-10-19(17,18)5-2)13-8-9-15-11(3)16-13/h8-9,12,14H,4-7,10H2,1-3H3. The van der Waals surface area contributed by atoms with Crippen LogP contribution < -0.4 is 5.32 Å². The Balaban J connectivity index is 2.63. The Hall–Kier alpha value is -1.01. The highest BCUT2D eigenvalue weighted by Crippen LogP contribution is 2.16. The van der Waals surface area contributed by atoms with Crippen LogP contribution in [0, 0.1) is 6.92 Å². The number of rotatable bonds is 8. The first-order valence-corrected chi connectivity index (χ1v) is 8.54. The summed E-state index contributed by atoms with van der Waals surface area (Å²) in [6.45, 7) is 6.40. The molecule has 0 aliphatic heterocycles. The summed E-state index contributed by atoms with van der Waals surface area (Å²) in [7, 11) is -2.88. The fraction of sp³-hybridized carbons (Fsp3) is 0.692. The number of nitrogens with zero attached hydrogens (tertiary/aromatic N) is 2. The largest absolute Gasteiger partial charge is 0.309 e. The minimum Gasteiger partial charge on any atom is -0.309 e. The molecule has 0 aromatic carbocycles. The van der Waals surface area contributed by atoms with Crippen molar-refractivity contribution in [1.29, 1.82) is 0 Å². The van der Waals surface area contributed by atoms with Crippen molar-refractivity contribution in [3.8, 4) is 0 Å². The fourth-order valence-electron chi connectivity index (χ4n) is 1.92. The van der Waals surface area contributed by atoms with Crippen molar-refractivity contribution < 1.29 is 8.42 Å². The summed E-state index contributed by atoms with van der Waals surface area (Å²) >= 11 is 0. The van der Waals surface area contributed by atoms with Crippen LogP contribution in [-0.4, -0.2) is 36.4 Å². The Morgan fingerprint density at radius 1 is 1.37 bits per heavy atom. The molecule has 0 aliphatic carbocycles. The zero-order valence-corrected chi connectivity index (χ0v) is 12.7. The smallest absolute Gasteiger partial charge is 0.150 e. The van der Waals surface area contributed by atoms with Gasteiger partial charge < -0.3 is 5.32 Å². The van der Waals surface area contributed by atoms with Gasteiger partial charge in [0, 0.05) is 18.0 Å². The molecule has 0 aliphatic rings. The summed E-state index contributed by atoms with van der Waals surface area (Å²) < 4.78 is 23.0. The maximum Gasteiger partial charge on any atom is 0.150 e.